The van der Waals surface area contributed by atoms with Crippen LogP contribution >= 0.6 is 0 Å². The Hall–Kier alpha value is -1.67. The first-order valence-electron chi connectivity index (χ1n) is 8.08. The number of carboxylic acids is 1. The molecule has 1 rings (SSSR count). The second-order valence-electron chi connectivity index (χ2n) is 5.83. The first-order valence-corrected chi connectivity index (χ1v) is 8.08. The normalized spacial score (nSPS) is 22.0. The molecule has 0 spiro atoms. The van der Waals surface area contributed by atoms with Crippen molar-refractivity contribution in [3.05, 3.63) is 0 Å². The molecule has 0 saturated carbocycles. The molecule has 0 bridgehead atoms. The number of carbonyl (C=O) groups excluding carboxylic acids is 2. The van der Waals surface area contributed by atoms with Crippen LogP contribution in [0.4, 0.5) is 0 Å². The van der Waals surface area contributed by atoms with Crippen molar-refractivity contribution in [3.63, 3.8) is 0 Å². The molecule has 1 fully saturated rings. The SMILES string of the molecule is CCC(C)[C@H](NC(=O)[C@H]1O[C@@H]1C(=O)O)C(=O)NCCCCCN. The molecule has 132 valence electrons. The summed E-state index contributed by atoms with van der Waals surface area (Å²) in [5.74, 6) is -2.05. The van der Waals surface area contributed by atoms with Gasteiger partial charge in [0.1, 0.15) is 6.04 Å². The molecule has 4 atom stereocenters. The lowest BCUT2D eigenvalue weighted by Gasteiger charge is -2.23. The van der Waals surface area contributed by atoms with Crippen LogP contribution in [0, 0.1) is 5.92 Å². The molecule has 1 aliphatic rings. The third-order valence-electron chi connectivity index (χ3n) is 3.97. The monoisotopic (exact) mass is 329 g/mol. The van der Waals surface area contributed by atoms with Crippen molar-refractivity contribution in [3.8, 4) is 0 Å². The molecule has 2 amide bonds. The third kappa shape index (κ3) is 6.15. The van der Waals surface area contributed by atoms with Gasteiger partial charge in [0.05, 0.1) is 0 Å². The van der Waals surface area contributed by atoms with Crippen LogP contribution in [0.5, 0.6) is 0 Å². The standard InChI is InChI=1S/C15H27N3O5/c1-3-9(2)10(13(19)17-8-6-4-5-7-16)18-14(20)11-12(23-11)15(21)22/h9-12H,3-8,16H2,1-2H3,(H,17,19)(H,18,20)(H,21,22)/t9?,10-,11-,12-/m0/s1. The number of carboxylic acid groups (broad SMARTS) is 1. The van der Waals surface area contributed by atoms with Crippen LogP contribution in [-0.2, 0) is 19.1 Å². The summed E-state index contributed by atoms with van der Waals surface area (Å²) in [5, 5.41) is 14.2. The molecule has 0 radical (unpaired) electrons. The van der Waals surface area contributed by atoms with E-state index in [1.165, 1.54) is 0 Å². The second-order valence-corrected chi connectivity index (χ2v) is 5.83. The predicted octanol–water partition coefficient (Wildman–Crippen LogP) is -0.385. The van der Waals surface area contributed by atoms with Crippen LogP contribution in [0.25, 0.3) is 0 Å². The average Bonchev–Trinajstić information content (AvgIpc) is 3.32. The van der Waals surface area contributed by atoms with Crippen molar-refractivity contribution in [2.45, 2.75) is 57.8 Å². The molecule has 8 nitrogen and oxygen atoms in total. The zero-order valence-corrected chi connectivity index (χ0v) is 13.7. The lowest BCUT2D eigenvalue weighted by molar-refractivity contribution is -0.138. The highest BCUT2D eigenvalue weighted by molar-refractivity contribution is 5.95. The Bertz CT molecular complexity index is 429. The van der Waals surface area contributed by atoms with Crippen LogP contribution in [0.1, 0.15) is 39.5 Å². The molecule has 0 aliphatic carbocycles. The van der Waals surface area contributed by atoms with E-state index in [0.29, 0.717) is 19.5 Å². The van der Waals surface area contributed by atoms with E-state index in [1.807, 2.05) is 13.8 Å². The molecule has 0 aromatic carbocycles. The summed E-state index contributed by atoms with van der Waals surface area (Å²) in [6.07, 6.45) is 1.28. The second kappa shape index (κ2) is 9.46. The van der Waals surface area contributed by atoms with Gasteiger partial charge < -0.3 is 26.2 Å². The number of nitrogens with one attached hydrogen (secondary N) is 2. The van der Waals surface area contributed by atoms with Crippen molar-refractivity contribution in [1.82, 2.24) is 10.6 Å². The maximum Gasteiger partial charge on any atom is 0.336 e. The number of carbonyl (C=O) groups is 3. The summed E-state index contributed by atoms with van der Waals surface area (Å²) in [6.45, 7) is 4.94. The molecule has 0 aromatic rings. The Kier molecular flexibility index (Phi) is 7.97. The van der Waals surface area contributed by atoms with E-state index in [9.17, 15) is 14.4 Å². The van der Waals surface area contributed by atoms with Crippen molar-refractivity contribution in [1.29, 1.82) is 0 Å². The van der Waals surface area contributed by atoms with Gasteiger partial charge in [-0.05, 0) is 25.3 Å². The largest absolute Gasteiger partial charge is 0.479 e. The Morgan fingerprint density at radius 1 is 1.22 bits per heavy atom. The Morgan fingerprint density at radius 3 is 2.43 bits per heavy atom. The smallest absolute Gasteiger partial charge is 0.336 e. The van der Waals surface area contributed by atoms with Crippen LogP contribution in [0.15, 0.2) is 0 Å². The Labute approximate surface area is 136 Å². The maximum atomic E-state index is 12.3. The van der Waals surface area contributed by atoms with Gasteiger partial charge in [-0.25, -0.2) is 4.79 Å². The highest BCUT2D eigenvalue weighted by Gasteiger charge is 2.51. The maximum absolute atomic E-state index is 12.3. The zero-order chi connectivity index (χ0) is 17.4. The van der Waals surface area contributed by atoms with E-state index in [0.717, 1.165) is 19.3 Å². The summed E-state index contributed by atoms with van der Waals surface area (Å²) in [5.41, 5.74) is 5.41. The molecule has 0 aromatic heterocycles. The fraction of sp³-hybridized carbons (Fsp3) is 0.800. The average molecular weight is 329 g/mol. The fourth-order valence-corrected chi connectivity index (χ4v) is 2.20. The predicted molar refractivity (Wildman–Crippen MR) is 83.6 cm³/mol. The fourth-order valence-electron chi connectivity index (χ4n) is 2.20. The van der Waals surface area contributed by atoms with Crippen LogP contribution < -0.4 is 16.4 Å². The summed E-state index contributed by atoms with van der Waals surface area (Å²) in [6, 6.07) is -0.694. The highest BCUT2D eigenvalue weighted by Crippen LogP contribution is 2.23. The van der Waals surface area contributed by atoms with Gasteiger partial charge in [-0.2, -0.15) is 0 Å². The Balaban J connectivity index is 2.47. The Morgan fingerprint density at radius 2 is 1.91 bits per heavy atom. The molecular weight excluding hydrogens is 302 g/mol. The van der Waals surface area contributed by atoms with E-state index < -0.39 is 30.1 Å². The number of unbranched alkanes of at least 4 members (excludes halogenated alkanes) is 2. The van der Waals surface area contributed by atoms with Crippen molar-refractivity contribution < 1.29 is 24.2 Å². The van der Waals surface area contributed by atoms with E-state index >= 15 is 0 Å². The van der Waals surface area contributed by atoms with Gasteiger partial charge >= 0.3 is 5.97 Å². The molecule has 23 heavy (non-hydrogen) atoms. The van der Waals surface area contributed by atoms with Crippen molar-refractivity contribution in [2.24, 2.45) is 11.7 Å². The van der Waals surface area contributed by atoms with E-state index in [1.54, 1.807) is 0 Å². The lowest BCUT2D eigenvalue weighted by atomic mass is 9.98. The minimum Gasteiger partial charge on any atom is -0.479 e. The first-order chi connectivity index (χ1) is 10.9. The molecule has 1 unspecified atom stereocenters. The number of aliphatic carboxylic acids is 1. The van der Waals surface area contributed by atoms with Crippen molar-refractivity contribution in [2.75, 3.05) is 13.1 Å². The minimum absolute atomic E-state index is 0.0648. The zero-order valence-electron chi connectivity index (χ0n) is 13.7. The topological polar surface area (TPSA) is 134 Å². The van der Waals surface area contributed by atoms with Crippen LogP contribution in [0.2, 0.25) is 0 Å². The summed E-state index contributed by atoms with van der Waals surface area (Å²) >= 11 is 0. The number of amides is 2. The molecule has 8 heteroatoms. The van der Waals surface area contributed by atoms with E-state index in [2.05, 4.69) is 10.6 Å². The summed E-state index contributed by atoms with van der Waals surface area (Å²) in [4.78, 5) is 35.0. The minimum atomic E-state index is -1.17. The molecule has 1 aliphatic heterocycles. The van der Waals surface area contributed by atoms with E-state index in [4.69, 9.17) is 15.6 Å². The highest BCUT2D eigenvalue weighted by atomic mass is 16.6. The number of rotatable bonds is 11. The third-order valence-corrected chi connectivity index (χ3v) is 3.97. The van der Waals surface area contributed by atoms with E-state index in [-0.39, 0.29) is 11.8 Å². The number of epoxide rings is 1. The van der Waals surface area contributed by atoms with Gasteiger partial charge in [0, 0.05) is 6.54 Å². The number of hydrogen-bond acceptors (Lipinski definition) is 5. The van der Waals surface area contributed by atoms with Gasteiger partial charge in [0.2, 0.25) is 5.91 Å². The molecule has 1 heterocycles. The van der Waals surface area contributed by atoms with Crippen molar-refractivity contribution >= 4 is 17.8 Å². The lowest BCUT2D eigenvalue weighted by Crippen LogP contribution is -2.51. The number of hydrogen-bond donors (Lipinski definition) is 4. The number of nitrogens with two attached hydrogens (primary N) is 1. The number of ether oxygens (including phenoxy) is 1. The molecular formula is C15H27N3O5. The van der Waals surface area contributed by atoms with Gasteiger partial charge in [0.25, 0.3) is 5.91 Å². The summed E-state index contributed by atoms with van der Waals surface area (Å²) < 4.78 is 4.80. The molecule has 1 saturated heterocycles. The molecule has 5 N–H and O–H groups in total. The van der Waals surface area contributed by atoms with Crippen LogP contribution in [0.3, 0.4) is 0 Å². The van der Waals surface area contributed by atoms with Gasteiger partial charge in [0.15, 0.2) is 12.2 Å². The van der Waals surface area contributed by atoms with Crippen LogP contribution in [-0.4, -0.2) is 54.2 Å². The summed E-state index contributed by atoms with van der Waals surface area (Å²) in [7, 11) is 0. The van der Waals surface area contributed by atoms with Gasteiger partial charge in [-0.1, -0.05) is 26.7 Å². The quantitative estimate of drug-likeness (QED) is 0.301. The van der Waals surface area contributed by atoms with Gasteiger partial charge in [-0.3, -0.25) is 9.59 Å². The first kappa shape index (κ1) is 19.4. The van der Waals surface area contributed by atoms with Gasteiger partial charge in [-0.15, -0.1) is 0 Å².